The molecular weight excluding hydrogens is 294 g/mol. The van der Waals surface area contributed by atoms with Crippen molar-refractivity contribution < 1.29 is 26.0 Å². The molecule has 9 heteroatoms. The van der Waals surface area contributed by atoms with Gasteiger partial charge < -0.3 is 0 Å². The van der Waals surface area contributed by atoms with Gasteiger partial charge in [-0.2, -0.15) is 13.2 Å². The number of nitrogens with one attached hydrogen (secondary N) is 1. The molecule has 0 saturated heterocycles. The van der Waals surface area contributed by atoms with Crippen LogP contribution < -0.4 is 4.72 Å². The Balaban J connectivity index is 2.59. The maximum Gasteiger partial charge on any atom is 0.441 e. The average molecular weight is 303 g/mol. The molecule has 0 heterocycles. The minimum absolute atomic E-state index is 0.347. The molecule has 1 rings (SSSR count). The first kappa shape index (κ1) is 15.3. The molecule has 0 aromatic heterocycles. The number of hydrogen-bond acceptors (Lipinski definition) is 3. The average Bonchev–Trinajstić information content (AvgIpc) is 2.24. The molecule has 1 aromatic carbocycles. The van der Waals surface area contributed by atoms with E-state index in [0.29, 0.717) is 0 Å². The maximum atomic E-state index is 13.2. The number of hydrogen-bond donors (Lipinski definition) is 1. The molecule has 0 radical (unpaired) electrons. The van der Waals surface area contributed by atoms with Crippen LogP contribution in [-0.4, -0.2) is 26.2 Å². The summed E-state index contributed by atoms with van der Waals surface area (Å²) < 4.78 is 73.5. The molecule has 0 fully saturated rings. The van der Waals surface area contributed by atoms with Gasteiger partial charge in [0.25, 0.3) is 0 Å². The lowest BCUT2D eigenvalue weighted by molar-refractivity contribution is -0.0327. The van der Waals surface area contributed by atoms with E-state index in [2.05, 4.69) is 0 Å². The second kappa shape index (κ2) is 5.89. The molecule has 0 unspecified atom stereocenters. The molecule has 1 aromatic rings. The highest BCUT2D eigenvalue weighted by atomic mass is 32.2. The fraction of sp³-hybridized carbons (Fsp3) is 0.333. The third-order valence-electron chi connectivity index (χ3n) is 1.79. The van der Waals surface area contributed by atoms with Gasteiger partial charge in [-0.05, 0) is 23.9 Å². The largest absolute Gasteiger partial charge is 0.441 e. The van der Waals surface area contributed by atoms with Gasteiger partial charge in [0.1, 0.15) is 10.7 Å². The zero-order valence-corrected chi connectivity index (χ0v) is 10.5. The van der Waals surface area contributed by atoms with Gasteiger partial charge in [-0.25, -0.2) is 17.5 Å². The molecule has 0 aliphatic rings. The summed E-state index contributed by atoms with van der Waals surface area (Å²) in [6.45, 7) is -0.430. The maximum absolute atomic E-state index is 13.2. The summed E-state index contributed by atoms with van der Waals surface area (Å²) in [6, 6.07) is 4.63. The van der Waals surface area contributed by atoms with Gasteiger partial charge in [-0.1, -0.05) is 12.1 Å². The highest BCUT2D eigenvalue weighted by molar-refractivity contribution is 8.00. The van der Waals surface area contributed by atoms with Gasteiger partial charge in [0.2, 0.25) is 10.0 Å². The number of halogens is 4. The van der Waals surface area contributed by atoms with E-state index in [0.717, 1.165) is 12.1 Å². The Morgan fingerprint density at radius 3 is 2.39 bits per heavy atom. The van der Waals surface area contributed by atoms with Gasteiger partial charge in [0.05, 0.1) is 0 Å². The predicted octanol–water partition coefficient (Wildman–Crippen LogP) is 2.36. The van der Waals surface area contributed by atoms with Crippen LogP contribution in [0.4, 0.5) is 17.6 Å². The van der Waals surface area contributed by atoms with Crippen LogP contribution in [0.5, 0.6) is 0 Å². The van der Waals surface area contributed by atoms with E-state index < -0.39 is 38.5 Å². The Hall–Kier alpha value is -0.800. The van der Waals surface area contributed by atoms with Crippen molar-refractivity contribution in [3.8, 4) is 0 Å². The molecule has 0 amide bonds. The summed E-state index contributed by atoms with van der Waals surface area (Å²) in [4.78, 5) is -0.581. The quantitative estimate of drug-likeness (QED) is 0.671. The molecule has 0 aliphatic carbocycles. The van der Waals surface area contributed by atoms with E-state index in [-0.39, 0.29) is 11.8 Å². The minimum Gasteiger partial charge on any atom is -0.210 e. The summed E-state index contributed by atoms with van der Waals surface area (Å²) in [5.41, 5.74) is -4.41. The Labute approximate surface area is 106 Å². The highest BCUT2D eigenvalue weighted by Gasteiger charge is 2.28. The molecule has 102 valence electrons. The summed E-state index contributed by atoms with van der Waals surface area (Å²) >= 11 is -0.347. The van der Waals surface area contributed by atoms with E-state index in [4.69, 9.17) is 0 Å². The highest BCUT2D eigenvalue weighted by Crippen LogP contribution is 2.29. The molecule has 1 N–H and O–H groups in total. The van der Waals surface area contributed by atoms with Crippen LogP contribution >= 0.6 is 11.8 Å². The van der Waals surface area contributed by atoms with Gasteiger partial charge in [0.15, 0.2) is 0 Å². The van der Waals surface area contributed by atoms with E-state index in [9.17, 15) is 26.0 Å². The molecule has 0 atom stereocenters. The molecule has 0 spiro atoms. The number of sulfonamides is 1. The summed E-state index contributed by atoms with van der Waals surface area (Å²) in [7, 11) is -4.11. The predicted molar refractivity (Wildman–Crippen MR) is 60.1 cm³/mol. The normalized spacial score (nSPS) is 12.7. The number of thioether (sulfide) groups is 1. The smallest absolute Gasteiger partial charge is 0.210 e. The number of rotatable bonds is 5. The first-order chi connectivity index (χ1) is 8.22. The van der Waals surface area contributed by atoms with Gasteiger partial charge in [0, 0.05) is 12.3 Å². The van der Waals surface area contributed by atoms with Crippen molar-refractivity contribution in [2.24, 2.45) is 0 Å². The fourth-order valence-electron chi connectivity index (χ4n) is 1.08. The standard InChI is InChI=1S/C9H9F4NO2S2/c10-7-3-1-2-4-8(7)18(15,16)14-5-6-17-9(11,12)13/h1-4,14H,5-6H2. The zero-order valence-electron chi connectivity index (χ0n) is 8.87. The second-order valence-corrected chi connectivity index (χ2v) is 6.02. The lowest BCUT2D eigenvalue weighted by Crippen LogP contribution is -2.27. The summed E-state index contributed by atoms with van der Waals surface area (Å²) in [5.74, 6) is -1.43. The third kappa shape index (κ3) is 4.83. The number of alkyl halides is 3. The van der Waals surface area contributed by atoms with E-state index in [1.54, 1.807) is 0 Å². The van der Waals surface area contributed by atoms with Crippen LogP contribution in [0.2, 0.25) is 0 Å². The monoisotopic (exact) mass is 303 g/mol. The lowest BCUT2D eigenvalue weighted by atomic mass is 10.4. The minimum atomic E-state index is -4.41. The van der Waals surface area contributed by atoms with Crippen molar-refractivity contribution in [3.05, 3.63) is 30.1 Å². The number of benzene rings is 1. The topological polar surface area (TPSA) is 46.2 Å². The Kier molecular flexibility index (Phi) is 5.00. The van der Waals surface area contributed by atoms with Crippen LogP contribution in [0.15, 0.2) is 29.2 Å². The van der Waals surface area contributed by atoms with Crippen molar-refractivity contribution in [1.82, 2.24) is 4.72 Å². The Bertz CT molecular complexity index is 502. The summed E-state index contributed by atoms with van der Waals surface area (Å²) in [6.07, 6.45) is 0. The molecule has 3 nitrogen and oxygen atoms in total. The van der Waals surface area contributed by atoms with Crippen LogP contribution in [0, 0.1) is 5.82 Å². The molecule has 18 heavy (non-hydrogen) atoms. The lowest BCUT2D eigenvalue weighted by Gasteiger charge is -2.08. The van der Waals surface area contributed by atoms with Crippen molar-refractivity contribution in [2.75, 3.05) is 12.3 Å². The Morgan fingerprint density at radius 1 is 1.22 bits per heavy atom. The fourth-order valence-corrected chi connectivity index (χ4v) is 2.76. The van der Waals surface area contributed by atoms with E-state index in [1.807, 2.05) is 4.72 Å². The first-order valence-corrected chi connectivity index (χ1v) is 7.14. The van der Waals surface area contributed by atoms with Crippen LogP contribution in [0.1, 0.15) is 0 Å². The van der Waals surface area contributed by atoms with Gasteiger partial charge in [-0.15, -0.1) is 0 Å². The first-order valence-electron chi connectivity index (χ1n) is 4.67. The van der Waals surface area contributed by atoms with E-state index in [1.165, 1.54) is 12.1 Å². The van der Waals surface area contributed by atoms with Crippen LogP contribution in [-0.2, 0) is 10.0 Å². The Morgan fingerprint density at radius 2 is 1.83 bits per heavy atom. The zero-order chi connectivity index (χ0) is 13.8. The van der Waals surface area contributed by atoms with Crippen molar-refractivity contribution in [3.63, 3.8) is 0 Å². The molecule has 0 saturated carbocycles. The SMILES string of the molecule is O=S(=O)(NCCSC(F)(F)F)c1ccccc1F. The van der Waals surface area contributed by atoms with E-state index >= 15 is 0 Å². The third-order valence-corrected chi connectivity index (χ3v) is 4.02. The second-order valence-electron chi connectivity index (χ2n) is 3.12. The van der Waals surface area contributed by atoms with Crippen molar-refractivity contribution in [2.45, 2.75) is 10.4 Å². The molecule has 0 aliphatic heterocycles. The van der Waals surface area contributed by atoms with Gasteiger partial charge in [-0.3, -0.25) is 0 Å². The van der Waals surface area contributed by atoms with Crippen LogP contribution in [0.25, 0.3) is 0 Å². The van der Waals surface area contributed by atoms with Crippen molar-refractivity contribution >= 4 is 21.8 Å². The summed E-state index contributed by atoms with van der Waals surface area (Å²) in [5, 5.41) is 0. The van der Waals surface area contributed by atoms with Gasteiger partial charge >= 0.3 is 5.51 Å². The molecule has 0 bridgehead atoms. The molecular formula is C9H9F4NO2S2. The van der Waals surface area contributed by atoms with Crippen LogP contribution in [0.3, 0.4) is 0 Å². The van der Waals surface area contributed by atoms with Crippen molar-refractivity contribution in [1.29, 1.82) is 0 Å².